The van der Waals surface area contributed by atoms with Crippen molar-refractivity contribution in [2.24, 2.45) is 0 Å². The van der Waals surface area contributed by atoms with Gasteiger partial charge in [-0.05, 0) is 24.3 Å². The van der Waals surface area contributed by atoms with Crippen molar-refractivity contribution in [2.45, 2.75) is 18.6 Å². The molecule has 2 unspecified atom stereocenters. The number of aliphatic carboxylic acids is 1. The highest BCUT2D eigenvalue weighted by molar-refractivity contribution is 6.31. The number of hydrogen-bond acceptors (Lipinski definition) is 4. The first kappa shape index (κ1) is 14.9. The molecule has 1 N–H and O–H groups in total. The number of carbonyl (C=O) groups excluding carboxylic acids is 1. The molecule has 1 aromatic heterocycles. The van der Waals surface area contributed by atoms with E-state index < -0.39 is 17.9 Å². The van der Waals surface area contributed by atoms with Gasteiger partial charge in [0.2, 0.25) is 0 Å². The summed E-state index contributed by atoms with van der Waals surface area (Å²) in [5.74, 6) is -1.41. The van der Waals surface area contributed by atoms with Crippen LogP contribution in [0.25, 0.3) is 11.0 Å². The Morgan fingerprint density at radius 1 is 1.41 bits per heavy atom. The third kappa shape index (κ3) is 2.55. The van der Waals surface area contributed by atoms with E-state index in [0.717, 1.165) is 0 Å². The molecule has 2 heterocycles. The van der Waals surface area contributed by atoms with Crippen molar-refractivity contribution in [3.05, 3.63) is 35.0 Å². The normalized spacial score (nSPS) is 21.5. The van der Waals surface area contributed by atoms with Gasteiger partial charge in [0.15, 0.2) is 5.76 Å². The van der Waals surface area contributed by atoms with Crippen molar-refractivity contribution in [1.29, 1.82) is 0 Å². The van der Waals surface area contributed by atoms with Crippen molar-refractivity contribution >= 4 is 34.4 Å². The molecule has 1 aliphatic rings. The Bertz CT molecular complexity index is 741. The predicted molar refractivity (Wildman–Crippen MR) is 79.1 cm³/mol. The monoisotopic (exact) mass is 323 g/mol. The molecule has 6 nitrogen and oxygen atoms in total. The van der Waals surface area contributed by atoms with E-state index in [2.05, 4.69) is 0 Å². The number of ether oxygens (including phenoxy) is 1. The van der Waals surface area contributed by atoms with Crippen LogP contribution in [-0.4, -0.2) is 47.7 Å². The van der Waals surface area contributed by atoms with E-state index in [1.807, 2.05) is 0 Å². The fourth-order valence-corrected chi connectivity index (χ4v) is 2.87. The smallest absolute Gasteiger partial charge is 0.326 e. The van der Waals surface area contributed by atoms with Crippen LogP contribution in [0.3, 0.4) is 0 Å². The number of methoxy groups -OCH3 is 1. The van der Waals surface area contributed by atoms with Crippen LogP contribution < -0.4 is 0 Å². The first-order chi connectivity index (χ1) is 10.5. The number of carboxylic acids is 1. The van der Waals surface area contributed by atoms with Gasteiger partial charge in [0.1, 0.15) is 11.6 Å². The zero-order chi connectivity index (χ0) is 15.9. The van der Waals surface area contributed by atoms with Crippen molar-refractivity contribution in [3.8, 4) is 0 Å². The number of nitrogens with zero attached hydrogens (tertiary/aromatic N) is 1. The number of hydrogen-bond donors (Lipinski definition) is 1. The zero-order valence-corrected chi connectivity index (χ0v) is 12.5. The van der Waals surface area contributed by atoms with Gasteiger partial charge in [-0.3, -0.25) is 4.79 Å². The number of amides is 1. The number of likely N-dealkylation sites (tertiary alicyclic amines) is 1. The second kappa shape index (κ2) is 5.62. The van der Waals surface area contributed by atoms with Gasteiger partial charge in [0.25, 0.3) is 5.91 Å². The van der Waals surface area contributed by atoms with Gasteiger partial charge in [-0.25, -0.2) is 4.79 Å². The maximum atomic E-state index is 12.6. The minimum Gasteiger partial charge on any atom is -0.480 e. The van der Waals surface area contributed by atoms with Crippen LogP contribution >= 0.6 is 11.6 Å². The average Bonchev–Trinajstić information content (AvgIpc) is 3.09. The minimum absolute atomic E-state index is 0.0975. The molecule has 2 atom stereocenters. The molecule has 22 heavy (non-hydrogen) atoms. The second-order valence-corrected chi connectivity index (χ2v) is 5.63. The summed E-state index contributed by atoms with van der Waals surface area (Å²) in [5, 5.41) is 10.5. The van der Waals surface area contributed by atoms with Crippen LogP contribution in [0.1, 0.15) is 17.0 Å². The summed E-state index contributed by atoms with van der Waals surface area (Å²) in [6, 6.07) is 5.69. The Hall–Kier alpha value is -2.05. The lowest BCUT2D eigenvalue weighted by molar-refractivity contribution is -0.141. The summed E-state index contributed by atoms with van der Waals surface area (Å²) in [7, 11) is 1.50. The topological polar surface area (TPSA) is 80.0 Å². The Balaban J connectivity index is 1.92. The predicted octanol–water partition coefficient (Wildman–Crippen LogP) is 2.40. The lowest BCUT2D eigenvalue weighted by Crippen LogP contribution is -2.40. The number of rotatable bonds is 3. The number of benzene rings is 1. The molecule has 0 aliphatic carbocycles. The van der Waals surface area contributed by atoms with Crippen molar-refractivity contribution in [3.63, 3.8) is 0 Å². The number of furan rings is 1. The van der Waals surface area contributed by atoms with Gasteiger partial charge in [0, 0.05) is 30.5 Å². The molecule has 116 valence electrons. The molecule has 0 spiro atoms. The Labute approximate surface area is 131 Å². The molecule has 3 rings (SSSR count). The van der Waals surface area contributed by atoms with Crippen molar-refractivity contribution < 1.29 is 23.8 Å². The van der Waals surface area contributed by atoms with Gasteiger partial charge in [-0.1, -0.05) is 11.6 Å². The summed E-state index contributed by atoms with van der Waals surface area (Å²) < 4.78 is 10.7. The molecule has 1 amide bonds. The van der Waals surface area contributed by atoms with E-state index in [9.17, 15) is 14.7 Å². The lowest BCUT2D eigenvalue weighted by Gasteiger charge is -2.19. The molecule has 1 fully saturated rings. The standard InChI is InChI=1S/C15H14ClNO5/c1-21-10-6-11(15(19)20)17(7-10)14(18)13-5-8-4-9(16)2-3-12(8)22-13/h2-5,10-11H,6-7H2,1H3,(H,19,20). The van der Waals surface area contributed by atoms with E-state index in [-0.39, 0.29) is 24.8 Å². The quantitative estimate of drug-likeness (QED) is 0.938. The van der Waals surface area contributed by atoms with Gasteiger partial charge in [-0.15, -0.1) is 0 Å². The zero-order valence-electron chi connectivity index (χ0n) is 11.8. The lowest BCUT2D eigenvalue weighted by atomic mass is 10.2. The molecular formula is C15H14ClNO5. The number of carboxylic acid groups (broad SMARTS) is 1. The van der Waals surface area contributed by atoms with Crippen LogP contribution in [0.2, 0.25) is 5.02 Å². The molecule has 1 aliphatic heterocycles. The molecule has 7 heteroatoms. The number of carbonyl (C=O) groups is 2. The number of fused-ring (bicyclic) bond motifs is 1. The van der Waals surface area contributed by atoms with E-state index in [4.69, 9.17) is 20.8 Å². The Morgan fingerprint density at radius 2 is 2.18 bits per heavy atom. The van der Waals surface area contributed by atoms with Gasteiger partial charge in [0.05, 0.1) is 6.10 Å². The largest absolute Gasteiger partial charge is 0.480 e. The third-order valence-electron chi connectivity index (χ3n) is 3.83. The Morgan fingerprint density at radius 3 is 2.86 bits per heavy atom. The second-order valence-electron chi connectivity index (χ2n) is 5.20. The maximum Gasteiger partial charge on any atom is 0.326 e. The maximum absolute atomic E-state index is 12.6. The molecular weight excluding hydrogens is 310 g/mol. The molecule has 2 aromatic rings. The van der Waals surface area contributed by atoms with E-state index >= 15 is 0 Å². The molecule has 0 saturated carbocycles. The first-order valence-corrected chi connectivity index (χ1v) is 7.13. The van der Waals surface area contributed by atoms with E-state index in [0.29, 0.717) is 16.0 Å². The van der Waals surface area contributed by atoms with Crippen molar-refractivity contribution in [1.82, 2.24) is 4.90 Å². The highest BCUT2D eigenvalue weighted by Gasteiger charge is 2.41. The van der Waals surface area contributed by atoms with Crippen LogP contribution in [-0.2, 0) is 9.53 Å². The minimum atomic E-state index is -1.05. The molecule has 1 aromatic carbocycles. The average molecular weight is 324 g/mol. The summed E-state index contributed by atoms with van der Waals surface area (Å²) in [6.45, 7) is 0.226. The summed E-state index contributed by atoms with van der Waals surface area (Å²) in [6.07, 6.45) is -0.0206. The third-order valence-corrected chi connectivity index (χ3v) is 4.07. The molecule has 0 radical (unpaired) electrons. The molecule has 0 bridgehead atoms. The highest BCUT2D eigenvalue weighted by atomic mass is 35.5. The number of halogens is 1. The fourth-order valence-electron chi connectivity index (χ4n) is 2.69. The van der Waals surface area contributed by atoms with E-state index in [1.54, 1.807) is 24.3 Å². The van der Waals surface area contributed by atoms with Gasteiger partial charge >= 0.3 is 5.97 Å². The van der Waals surface area contributed by atoms with Crippen LogP contribution in [0.4, 0.5) is 0 Å². The van der Waals surface area contributed by atoms with Gasteiger partial charge in [-0.2, -0.15) is 0 Å². The molecule has 1 saturated heterocycles. The van der Waals surface area contributed by atoms with Gasteiger partial charge < -0.3 is 19.2 Å². The van der Waals surface area contributed by atoms with Crippen LogP contribution in [0, 0.1) is 0 Å². The summed E-state index contributed by atoms with van der Waals surface area (Å²) in [5.41, 5.74) is 0.530. The first-order valence-electron chi connectivity index (χ1n) is 6.75. The highest BCUT2D eigenvalue weighted by Crippen LogP contribution is 2.27. The Kier molecular flexibility index (Phi) is 3.80. The van der Waals surface area contributed by atoms with Crippen LogP contribution in [0.15, 0.2) is 28.7 Å². The SMILES string of the molecule is COC1CC(C(=O)O)N(C(=O)c2cc3cc(Cl)ccc3o2)C1. The van der Waals surface area contributed by atoms with E-state index in [1.165, 1.54) is 12.0 Å². The summed E-state index contributed by atoms with van der Waals surface area (Å²) >= 11 is 5.91. The van der Waals surface area contributed by atoms with Crippen LogP contribution in [0.5, 0.6) is 0 Å². The summed E-state index contributed by atoms with van der Waals surface area (Å²) in [4.78, 5) is 25.2. The van der Waals surface area contributed by atoms with Crippen molar-refractivity contribution in [2.75, 3.05) is 13.7 Å². The fraction of sp³-hybridized carbons (Fsp3) is 0.333.